The third-order valence-electron chi connectivity index (χ3n) is 3.49. The van der Waals surface area contributed by atoms with Crippen molar-refractivity contribution in [2.24, 2.45) is 0 Å². The van der Waals surface area contributed by atoms with E-state index in [1.54, 1.807) is 24.3 Å². The fourth-order valence-electron chi connectivity index (χ4n) is 2.54. The standard InChI is InChI=1S/C14H15NO2S2/c1-9(8-12-18-6-7-19-12)15-13(16)10-4-2-3-5-11(10)14(15)17/h2-5,9,12H,6-8H2,1H3/t9-/m1/s1. The number of carbonyl (C=O) groups is 2. The Labute approximate surface area is 121 Å². The maximum Gasteiger partial charge on any atom is 0.261 e. The topological polar surface area (TPSA) is 37.4 Å². The van der Waals surface area contributed by atoms with Gasteiger partial charge in [0.25, 0.3) is 11.8 Å². The van der Waals surface area contributed by atoms with E-state index in [4.69, 9.17) is 0 Å². The Morgan fingerprint density at radius 2 is 1.68 bits per heavy atom. The van der Waals surface area contributed by atoms with Gasteiger partial charge in [0.1, 0.15) is 0 Å². The van der Waals surface area contributed by atoms with Crippen LogP contribution >= 0.6 is 23.5 Å². The van der Waals surface area contributed by atoms with E-state index in [1.807, 2.05) is 30.4 Å². The van der Waals surface area contributed by atoms with Crippen LogP contribution in [0.25, 0.3) is 0 Å². The third-order valence-corrected chi connectivity index (χ3v) is 6.57. The van der Waals surface area contributed by atoms with Crippen molar-refractivity contribution in [1.82, 2.24) is 4.90 Å². The smallest absolute Gasteiger partial charge is 0.261 e. The monoisotopic (exact) mass is 293 g/mol. The van der Waals surface area contributed by atoms with Crippen molar-refractivity contribution in [3.8, 4) is 0 Å². The fourth-order valence-corrected chi connectivity index (χ4v) is 5.62. The average molecular weight is 293 g/mol. The summed E-state index contributed by atoms with van der Waals surface area (Å²) in [5.41, 5.74) is 1.09. The second kappa shape index (κ2) is 5.21. The Morgan fingerprint density at radius 1 is 1.16 bits per heavy atom. The summed E-state index contributed by atoms with van der Waals surface area (Å²) in [5, 5.41) is 0. The van der Waals surface area contributed by atoms with Crippen molar-refractivity contribution in [2.75, 3.05) is 11.5 Å². The summed E-state index contributed by atoms with van der Waals surface area (Å²) in [5.74, 6) is 2.07. The van der Waals surface area contributed by atoms with Crippen LogP contribution in [0.3, 0.4) is 0 Å². The predicted octanol–water partition coefficient (Wildman–Crippen LogP) is 2.87. The maximum atomic E-state index is 12.3. The maximum absolute atomic E-state index is 12.3. The van der Waals surface area contributed by atoms with Gasteiger partial charge in [0, 0.05) is 17.5 Å². The minimum Gasteiger partial charge on any atom is -0.271 e. The van der Waals surface area contributed by atoms with Gasteiger partial charge in [-0.1, -0.05) is 12.1 Å². The molecule has 0 unspecified atom stereocenters. The molecule has 5 heteroatoms. The van der Waals surface area contributed by atoms with E-state index in [-0.39, 0.29) is 17.9 Å². The van der Waals surface area contributed by atoms with E-state index >= 15 is 0 Å². The lowest BCUT2D eigenvalue weighted by atomic mass is 10.1. The average Bonchev–Trinajstić information content (AvgIpc) is 2.99. The molecule has 0 bridgehead atoms. The fraction of sp³-hybridized carbons (Fsp3) is 0.429. The molecule has 0 aromatic heterocycles. The van der Waals surface area contributed by atoms with Gasteiger partial charge in [0.2, 0.25) is 0 Å². The molecule has 2 aliphatic rings. The molecule has 0 N–H and O–H groups in total. The van der Waals surface area contributed by atoms with Gasteiger partial charge in [0.15, 0.2) is 0 Å². The number of amides is 2. The van der Waals surface area contributed by atoms with Gasteiger partial charge in [-0.05, 0) is 25.5 Å². The summed E-state index contributed by atoms with van der Waals surface area (Å²) in [6.07, 6.45) is 0.876. The van der Waals surface area contributed by atoms with Crippen molar-refractivity contribution in [3.63, 3.8) is 0 Å². The number of thioether (sulfide) groups is 2. The first kappa shape index (κ1) is 13.1. The van der Waals surface area contributed by atoms with E-state index < -0.39 is 0 Å². The molecule has 0 aliphatic carbocycles. The number of fused-ring (bicyclic) bond motifs is 1. The lowest BCUT2D eigenvalue weighted by Crippen LogP contribution is -2.39. The van der Waals surface area contributed by atoms with Crippen molar-refractivity contribution in [1.29, 1.82) is 0 Å². The molecule has 2 aliphatic heterocycles. The second-order valence-electron chi connectivity index (χ2n) is 4.78. The molecule has 3 nitrogen and oxygen atoms in total. The summed E-state index contributed by atoms with van der Waals surface area (Å²) < 4.78 is 0.513. The first-order valence-corrected chi connectivity index (χ1v) is 8.48. The van der Waals surface area contributed by atoms with E-state index in [1.165, 1.54) is 16.4 Å². The molecule has 19 heavy (non-hydrogen) atoms. The van der Waals surface area contributed by atoms with Gasteiger partial charge in [-0.15, -0.1) is 23.5 Å². The summed E-state index contributed by atoms with van der Waals surface area (Å²) >= 11 is 3.86. The highest BCUT2D eigenvalue weighted by atomic mass is 32.2. The normalized spacial score (nSPS) is 21.0. The first-order valence-electron chi connectivity index (χ1n) is 6.38. The van der Waals surface area contributed by atoms with Gasteiger partial charge in [0.05, 0.1) is 15.7 Å². The van der Waals surface area contributed by atoms with E-state index in [2.05, 4.69) is 0 Å². The molecule has 1 saturated heterocycles. The molecule has 2 amide bonds. The number of carbonyl (C=O) groups excluding carboxylic acids is 2. The number of nitrogens with zero attached hydrogens (tertiary/aromatic N) is 1. The van der Waals surface area contributed by atoms with Gasteiger partial charge < -0.3 is 0 Å². The number of hydrogen-bond donors (Lipinski definition) is 0. The second-order valence-corrected chi connectivity index (χ2v) is 7.70. The van der Waals surface area contributed by atoms with E-state index in [0.717, 1.165) is 6.42 Å². The number of imide groups is 1. The van der Waals surface area contributed by atoms with Gasteiger partial charge >= 0.3 is 0 Å². The largest absolute Gasteiger partial charge is 0.271 e. The molecular weight excluding hydrogens is 278 g/mol. The summed E-state index contributed by atoms with van der Waals surface area (Å²) in [6, 6.07) is 7.06. The Bertz CT molecular complexity index is 491. The minimum atomic E-state index is -0.138. The molecule has 1 aromatic rings. The zero-order chi connectivity index (χ0) is 13.4. The predicted molar refractivity (Wildman–Crippen MR) is 79.7 cm³/mol. The van der Waals surface area contributed by atoms with Crippen LogP contribution in [0.4, 0.5) is 0 Å². The molecular formula is C14H15NO2S2. The van der Waals surface area contributed by atoms with Crippen LogP contribution in [0.15, 0.2) is 24.3 Å². The van der Waals surface area contributed by atoms with Crippen molar-refractivity contribution < 1.29 is 9.59 Å². The summed E-state index contributed by atoms with van der Waals surface area (Å²) in [7, 11) is 0. The summed E-state index contributed by atoms with van der Waals surface area (Å²) in [4.78, 5) is 26.1. The van der Waals surface area contributed by atoms with Crippen LogP contribution in [0.1, 0.15) is 34.1 Å². The van der Waals surface area contributed by atoms with Crippen LogP contribution in [0, 0.1) is 0 Å². The highest BCUT2D eigenvalue weighted by Crippen LogP contribution is 2.37. The van der Waals surface area contributed by atoms with E-state index in [0.29, 0.717) is 15.7 Å². The molecule has 2 heterocycles. The van der Waals surface area contributed by atoms with Crippen LogP contribution in [0.2, 0.25) is 0 Å². The Morgan fingerprint density at radius 3 is 2.21 bits per heavy atom. The quantitative estimate of drug-likeness (QED) is 0.803. The van der Waals surface area contributed by atoms with Crippen LogP contribution < -0.4 is 0 Å². The lowest BCUT2D eigenvalue weighted by molar-refractivity contribution is 0.0593. The molecule has 1 atom stereocenters. The summed E-state index contributed by atoms with van der Waals surface area (Å²) in [6.45, 7) is 1.97. The zero-order valence-corrected chi connectivity index (χ0v) is 12.3. The molecule has 0 spiro atoms. The highest BCUT2D eigenvalue weighted by molar-refractivity contribution is 8.20. The van der Waals surface area contributed by atoms with Crippen LogP contribution in [0.5, 0.6) is 0 Å². The molecule has 0 saturated carbocycles. The number of hydrogen-bond acceptors (Lipinski definition) is 4. The van der Waals surface area contributed by atoms with Gasteiger partial charge in [-0.25, -0.2) is 0 Å². The lowest BCUT2D eigenvalue weighted by Gasteiger charge is -2.24. The SMILES string of the molecule is C[C@H](CC1SCCS1)N1C(=O)c2ccccc2C1=O. The molecule has 1 aromatic carbocycles. The molecule has 1 fully saturated rings. The number of rotatable bonds is 3. The van der Waals surface area contributed by atoms with Crippen LogP contribution in [-0.2, 0) is 0 Å². The van der Waals surface area contributed by atoms with Gasteiger partial charge in [-0.2, -0.15) is 0 Å². The Balaban J connectivity index is 1.79. The third kappa shape index (κ3) is 2.30. The minimum absolute atomic E-state index is 0.0319. The number of benzene rings is 1. The highest BCUT2D eigenvalue weighted by Gasteiger charge is 2.38. The van der Waals surface area contributed by atoms with Crippen molar-refractivity contribution >= 4 is 35.3 Å². The Hall–Kier alpha value is -0.940. The Kier molecular flexibility index (Phi) is 3.58. The molecule has 3 rings (SSSR count). The van der Waals surface area contributed by atoms with Crippen LogP contribution in [-0.4, -0.2) is 38.8 Å². The first-order chi connectivity index (χ1) is 9.18. The zero-order valence-electron chi connectivity index (χ0n) is 10.7. The molecule has 100 valence electrons. The molecule has 0 radical (unpaired) electrons. The van der Waals surface area contributed by atoms with Crippen molar-refractivity contribution in [2.45, 2.75) is 24.0 Å². The van der Waals surface area contributed by atoms with E-state index in [9.17, 15) is 9.59 Å². The van der Waals surface area contributed by atoms with Crippen molar-refractivity contribution in [3.05, 3.63) is 35.4 Å². The van der Waals surface area contributed by atoms with Gasteiger partial charge in [-0.3, -0.25) is 14.5 Å².